The first kappa shape index (κ1) is 19.3. The summed E-state index contributed by atoms with van der Waals surface area (Å²) in [5, 5.41) is 2.44. The number of rotatable bonds is 6. The number of hydrogen-bond donors (Lipinski definition) is 2. The van der Waals surface area contributed by atoms with E-state index in [1.807, 2.05) is 0 Å². The topological polar surface area (TPSA) is 109 Å². The highest BCUT2D eigenvalue weighted by atomic mass is 32.2. The number of amides is 1. The van der Waals surface area contributed by atoms with Gasteiger partial charge >= 0.3 is 0 Å². The van der Waals surface area contributed by atoms with E-state index < -0.39 is 43.1 Å². The van der Waals surface area contributed by atoms with Crippen molar-refractivity contribution in [2.45, 2.75) is 55.3 Å². The lowest BCUT2D eigenvalue weighted by atomic mass is 10.0. The maximum Gasteiger partial charge on any atom is 0.238 e. The van der Waals surface area contributed by atoms with Crippen molar-refractivity contribution in [3.8, 4) is 0 Å². The Morgan fingerprint density at radius 2 is 1.81 bits per heavy atom. The van der Waals surface area contributed by atoms with Gasteiger partial charge in [0, 0.05) is 0 Å². The van der Waals surface area contributed by atoms with Crippen LogP contribution in [-0.4, -0.2) is 39.8 Å². The van der Waals surface area contributed by atoms with E-state index in [0.29, 0.717) is 18.4 Å². The Kier molecular flexibility index (Phi) is 5.15. The Morgan fingerprint density at radius 1 is 1.15 bits per heavy atom. The Hall–Kier alpha value is -1.45. The van der Waals surface area contributed by atoms with Crippen molar-refractivity contribution < 1.29 is 21.6 Å². The molecule has 2 aliphatic rings. The zero-order valence-corrected chi connectivity index (χ0v) is 16.4. The lowest BCUT2D eigenvalue weighted by Crippen LogP contribution is -2.51. The molecule has 0 bridgehead atoms. The summed E-state index contributed by atoms with van der Waals surface area (Å²) in [7, 11) is -6.84. The molecule has 1 amide bonds. The molecule has 7 nitrogen and oxygen atoms in total. The highest BCUT2D eigenvalue weighted by Gasteiger charge is 2.40. The van der Waals surface area contributed by atoms with Gasteiger partial charge in [-0.2, -0.15) is 0 Å². The molecule has 0 radical (unpaired) electrons. The van der Waals surface area contributed by atoms with Gasteiger partial charge in [-0.1, -0.05) is 32.0 Å². The summed E-state index contributed by atoms with van der Waals surface area (Å²) in [5.74, 6) is -0.704. The summed E-state index contributed by atoms with van der Waals surface area (Å²) in [6.07, 6.45) is 1.51. The molecule has 9 heteroatoms. The van der Waals surface area contributed by atoms with Gasteiger partial charge in [0.25, 0.3) is 0 Å². The number of hydrogen-bond acceptors (Lipinski definition) is 5. The van der Waals surface area contributed by atoms with Crippen molar-refractivity contribution in [1.82, 2.24) is 10.0 Å². The molecule has 1 unspecified atom stereocenters. The molecule has 0 saturated heterocycles. The lowest BCUT2D eigenvalue weighted by Gasteiger charge is -2.29. The number of carbonyl (C=O) groups excluding carboxylic acids is 1. The maximum absolute atomic E-state index is 12.8. The Bertz CT molecular complexity index is 905. The van der Waals surface area contributed by atoms with Crippen LogP contribution in [0.4, 0.5) is 0 Å². The van der Waals surface area contributed by atoms with Crippen LogP contribution in [0.3, 0.4) is 0 Å². The van der Waals surface area contributed by atoms with Crippen molar-refractivity contribution in [2.75, 3.05) is 5.75 Å². The van der Waals surface area contributed by atoms with Gasteiger partial charge in [0.05, 0.1) is 21.9 Å². The number of benzene rings is 1. The van der Waals surface area contributed by atoms with Gasteiger partial charge < -0.3 is 5.32 Å². The summed E-state index contributed by atoms with van der Waals surface area (Å²) in [4.78, 5) is 13.0. The fourth-order valence-corrected chi connectivity index (χ4v) is 6.45. The van der Waals surface area contributed by atoms with Crippen LogP contribution in [0.15, 0.2) is 29.2 Å². The Labute approximate surface area is 154 Å². The van der Waals surface area contributed by atoms with Gasteiger partial charge in [0.2, 0.25) is 15.9 Å². The SMILES string of the molecule is CC(C)[C@@H](NS(=O)(=O)C1CC1)C(=O)NC1CCS(=O)(=O)c2ccccc21. The van der Waals surface area contributed by atoms with Gasteiger partial charge in [-0.15, -0.1) is 0 Å². The first-order valence-electron chi connectivity index (χ1n) is 8.75. The van der Waals surface area contributed by atoms with Crippen LogP contribution in [0.1, 0.15) is 44.7 Å². The standard InChI is InChI=1S/C17H24N2O5S2/c1-11(2)16(19-26(23,24)12-7-8-12)17(20)18-14-9-10-25(21,22)15-6-4-3-5-13(14)15/h3-6,11-12,14,16,19H,7-10H2,1-2H3,(H,18,20)/t14?,16-/m1/s1. The largest absolute Gasteiger partial charge is 0.348 e. The van der Waals surface area contributed by atoms with Gasteiger partial charge in [-0.05, 0) is 36.8 Å². The van der Waals surface area contributed by atoms with Crippen LogP contribution >= 0.6 is 0 Å². The Balaban J connectivity index is 1.80. The van der Waals surface area contributed by atoms with Gasteiger partial charge in [0.15, 0.2) is 9.84 Å². The molecule has 3 rings (SSSR count). The summed E-state index contributed by atoms with van der Waals surface area (Å²) < 4.78 is 51.4. The number of sulfonamides is 1. The normalized spacial score (nSPS) is 23.3. The Morgan fingerprint density at radius 3 is 2.42 bits per heavy atom. The molecule has 1 heterocycles. The zero-order chi connectivity index (χ0) is 19.1. The van der Waals surface area contributed by atoms with E-state index in [0.717, 1.165) is 0 Å². The minimum Gasteiger partial charge on any atom is -0.348 e. The molecule has 2 atom stereocenters. The third kappa shape index (κ3) is 3.94. The molecule has 2 N–H and O–H groups in total. The highest BCUT2D eigenvalue weighted by Crippen LogP contribution is 2.32. The third-order valence-corrected chi connectivity index (χ3v) is 8.57. The second kappa shape index (κ2) is 6.94. The summed E-state index contributed by atoms with van der Waals surface area (Å²) in [6.45, 7) is 3.55. The molecule has 26 heavy (non-hydrogen) atoms. The van der Waals surface area contributed by atoms with Crippen LogP contribution < -0.4 is 10.0 Å². The predicted octanol–water partition coefficient (Wildman–Crippen LogP) is 1.13. The van der Waals surface area contributed by atoms with E-state index in [4.69, 9.17) is 0 Å². The smallest absolute Gasteiger partial charge is 0.238 e. The van der Waals surface area contributed by atoms with Crippen molar-refractivity contribution >= 4 is 25.8 Å². The minimum absolute atomic E-state index is 0.0465. The molecule has 0 aromatic heterocycles. The summed E-state index contributed by atoms with van der Waals surface area (Å²) in [5.41, 5.74) is 0.555. The highest BCUT2D eigenvalue weighted by molar-refractivity contribution is 7.91. The first-order chi connectivity index (χ1) is 12.1. The van der Waals surface area contributed by atoms with Crippen LogP contribution in [0.2, 0.25) is 0 Å². The number of nitrogens with one attached hydrogen (secondary N) is 2. The molecule has 1 aliphatic carbocycles. The quantitative estimate of drug-likeness (QED) is 0.744. The predicted molar refractivity (Wildman–Crippen MR) is 97.7 cm³/mol. The summed E-state index contributed by atoms with van der Waals surface area (Å²) in [6, 6.07) is 5.28. The van der Waals surface area contributed by atoms with E-state index in [1.54, 1.807) is 38.1 Å². The van der Waals surface area contributed by atoms with Crippen molar-refractivity contribution in [3.05, 3.63) is 29.8 Å². The molecule has 0 spiro atoms. The van der Waals surface area contributed by atoms with E-state index in [-0.39, 0.29) is 23.0 Å². The van der Waals surface area contributed by atoms with E-state index in [1.165, 1.54) is 0 Å². The molecular weight excluding hydrogens is 376 g/mol. The third-order valence-electron chi connectivity index (χ3n) is 4.82. The van der Waals surface area contributed by atoms with Gasteiger partial charge in [-0.25, -0.2) is 21.6 Å². The zero-order valence-electron chi connectivity index (χ0n) is 14.8. The lowest BCUT2D eigenvalue weighted by molar-refractivity contribution is -0.124. The summed E-state index contributed by atoms with van der Waals surface area (Å²) >= 11 is 0. The second-order valence-electron chi connectivity index (χ2n) is 7.29. The molecule has 1 aromatic carbocycles. The fourth-order valence-electron chi connectivity index (χ4n) is 3.15. The van der Waals surface area contributed by atoms with Crippen LogP contribution in [0.25, 0.3) is 0 Å². The number of sulfone groups is 1. The van der Waals surface area contributed by atoms with Gasteiger partial charge in [0.1, 0.15) is 6.04 Å². The van der Waals surface area contributed by atoms with Crippen molar-refractivity contribution in [2.24, 2.45) is 5.92 Å². The molecule has 1 aromatic rings. The van der Waals surface area contributed by atoms with Crippen molar-refractivity contribution in [3.63, 3.8) is 0 Å². The van der Waals surface area contributed by atoms with Crippen LogP contribution in [0.5, 0.6) is 0 Å². The fraction of sp³-hybridized carbons (Fsp3) is 0.588. The van der Waals surface area contributed by atoms with E-state index >= 15 is 0 Å². The minimum atomic E-state index is -3.50. The first-order valence-corrected chi connectivity index (χ1v) is 11.9. The molecule has 144 valence electrons. The van der Waals surface area contributed by atoms with E-state index in [2.05, 4.69) is 10.0 Å². The number of carbonyl (C=O) groups is 1. The monoisotopic (exact) mass is 400 g/mol. The van der Waals surface area contributed by atoms with Crippen molar-refractivity contribution in [1.29, 1.82) is 0 Å². The maximum atomic E-state index is 12.8. The van der Waals surface area contributed by atoms with E-state index in [9.17, 15) is 21.6 Å². The molecule has 1 aliphatic heterocycles. The second-order valence-corrected chi connectivity index (χ2v) is 11.4. The molecule has 1 saturated carbocycles. The van der Waals surface area contributed by atoms with Gasteiger partial charge in [-0.3, -0.25) is 4.79 Å². The van der Waals surface area contributed by atoms with Crippen LogP contribution in [-0.2, 0) is 24.7 Å². The van der Waals surface area contributed by atoms with Crippen LogP contribution in [0, 0.1) is 5.92 Å². The molecular formula is C17H24N2O5S2. The average molecular weight is 401 g/mol. The number of fused-ring (bicyclic) bond motifs is 1. The average Bonchev–Trinajstić information content (AvgIpc) is 3.41. The molecule has 1 fully saturated rings.